The van der Waals surface area contributed by atoms with E-state index in [1.54, 1.807) is 19.4 Å². The highest BCUT2D eigenvalue weighted by Crippen LogP contribution is 2.03. The van der Waals surface area contributed by atoms with Crippen molar-refractivity contribution in [2.24, 2.45) is 0 Å². The van der Waals surface area contributed by atoms with Crippen LogP contribution in [-0.2, 0) is 6.42 Å². The van der Waals surface area contributed by atoms with Gasteiger partial charge in [0.25, 0.3) is 0 Å². The predicted octanol–water partition coefficient (Wildman–Crippen LogP) is 0.956. The fourth-order valence-corrected chi connectivity index (χ4v) is 0.748. The summed E-state index contributed by atoms with van der Waals surface area (Å²) in [5, 5.41) is 8.51. The maximum absolute atomic E-state index is 8.51. The summed E-state index contributed by atoms with van der Waals surface area (Å²) in [7, 11) is 1.63. The largest absolute Gasteiger partial charge is 0.250 e. The Labute approximate surface area is 71.5 Å². The lowest BCUT2D eigenvalue weighted by Gasteiger charge is -2.05. The highest BCUT2D eigenvalue weighted by atomic mass is 15.2. The Kier molecular flexibility index (Phi) is 2.59. The lowest BCUT2D eigenvalue weighted by molar-refractivity contribution is 0.997. The first kappa shape index (κ1) is 8.47. The van der Waals surface area contributed by atoms with Gasteiger partial charge in [0, 0.05) is 19.4 Å². The molecule has 1 rings (SSSR count). The van der Waals surface area contributed by atoms with Gasteiger partial charge in [-0.15, -0.1) is 0 Å². The Bertz CT molecular complexity index is 285. The van der Waals surface area contributed by atoms with Gasteiger partial charge in [-0.1, -0.05) is 6.92 Å². The van der Waals surface area contributed by atoms with E-state index in [2.05, 4.69) is 9.97 Å². The van der Waals surface area contributed by atoms with Crippen molar-refractivity contribution in [1.82, 2.24) is 9.97 Å². The first-order chi connectivity index (χ1) is 5.77. The van der Waals surface area contributed by atoms with E-state index in [0.29, 0.717) is 5.95 Å². The van der Waals surface area contributed by atoms with Crippen molar-refractivity contribution < 1.29 is 0 Å². The summed E-state index contributed by atoms with van der Waals surface area (Å²) in [6.07, 6.45) is 6.30. The third-order valence-electron chi connectivity index (χ3n) is 1.55. The van der Waals surface area contributed by atoms with Crippen LogP contribution in [0.3, 0.4) is 0 Å². The first-order valence-electron chi connectivity index (χ1n) is 3.72. The molecule has 0 bridgehead atoms. The lowest BCUT2D eigenvalue weighted by Crippen LogP contribution is -2.11. The molecule has 0 N–H and O–H groups in total. The minimum atomic E-state index is 0.440. The summed E-state index contributed by atoms with van der Waals surface area (Å²) < 4.78 is 0. The summed E-state index contributed by atoms with van der Waals surface area (Å²) in [5.74, 6) is 0.440. The number of nitriles is 1. The topological polar surface area (TPSA) is 52.8 Å². The highest BCUT2D eigenvalue weighted by Gasteiger charge is 2.00. The third kappa shape index (κ3) is 1.70. The van der Waals surface area contributed by atoms with Crippen LogP contribution in [0.4, 0.5) is 5.95 Å². The van der Waals surface area contributed by atoms with Crippen LogP contribution in [-0.4, -0.2) is 17.0 Å². The second-order valence-corrected chi connectivity index (χ2v) is 2.40. The fourth-order valence-electron chi connectivity index (χ4n) is 0.748. The van der Waals surface area contributed by atoms with Gasteiger partial charge in [0.05, 0.1) is 0 Å². The van der Waals surface area contributed by atoms with Crippen molar-refractivity contribution in [1.29, 1.82) is 5.26 Å². The van der Waals surface area contributed by atoms with E-state index in [9.17, 15) is 0 Å². The van der Waals surface area contributed by atoms with Gasteiger partial charge < -0.3 is 0 Å². The van der Waals surface area contributed by atoms with E-state index in [1.807, 2.05) is 13.1 Å². The number of nitrogens with zero attached hydrogens (tertiary/aromatic N) is 4. The predicted molar refractivity (Wildman–Crippen MR) is 45.4 cm³/mol. The number of rotatable bonds is 2. The van der Waals surface area contributed by atoms with Crippen molar-refractivity contribution in [2.75, 3.05) is 11.9 Å². The zero-order chi connectivity index (χ0) is 8.97. The Morgan fingerprint density at radius 3 is 2.50 bits per heavy atom. The van der Waals surface area contributed by atoms with Gasteiger partial charge in [-0.05, 0) is 12.0 Å². The summed E-state index contributed by atoms with van der Waals surface area (Å²) >= 11 is 0. The van der Waals surface area contributed by atoms with Crippen LogP contribution >= 0.6 is 0 Å². The van der Waals surface area contributed by atoms with Crippen LogP contribution in [0.2, 0.25) is 0 Å². The van der Waals surface area contributed by atoms with Crippen molar-refractivity contribution in [3.8, 4) is 6.19 Å². The second-order valence-electron chi connectivity index (χ2n) is 2.40. The molecular weight excluding hydrogens is 152 g/mol. The molecule has 1 aromatic rings. The molecule has 0 atom stereocenters. The minimum Gasteiger partial charge on any atom is -0.250 e. The molecule has 1 aromatic heterocycles. The fraction of sp³-hybridized carbons (Fsp3) is 0.375. The maximum Gasteiger partial charge on any atom is 0.238 e. The van der Waals surface area contributed by atoms with E-state index in [1.165, 1.54) is 4.90 Å². The monoisotopic (exact) mass is 162 g/mol. The average molecular weight is 162 g/mol. The number of hydrogen-bond acceptors (Lipinski definition) is 4. The highest BCUT2D eigenvalue weighted by molar-refractivity contribution is 5.33. The second kappa shape index (κ2) is 3.67. The van der Waals surface area contributed by atoms with Crippen LogP contribution in [0.1, 0.15) is 12.5 Å². The molecule has 4 nitrogen and oxygen atoms in total. The molecule has 12 heavy (non-hydrogen) atoms. The smallest absolute Gasteiger partial charge is 0.238 e. The Morgan fingerprint density at radius 1 is 1.50 bits per heavy atom. The maximum atomic E-state index is 8.51. The van der Waals surface area contributed by atoms with E-state index in [4.69, 9.17) is 5.26 Å². The third-order valence-corrected chi connectivity index (χ3v) is 1.55. The molecule has 0 aliphatic heterocycles. The molecule has 0 saturated heterocycles. The van der Waals surface area contributed by atoms with Crippen LogP contribution in [0.15, 0.2) is 12.4 Å². The molecule has 0 radical (unpaired) electrons. The van der Waals surface area contributed by atoms with Crippen molar-refractivity contribution in [3.05, 3.63) is 18.0 Å². The van der Waals surface area contributed by atoms with Crippen LogP contribution in [0, 0.1) is 11.5 Å². The van der Waals surface area contributed by atoms with Crippen LogP contribution < -0.4 is 4.90 Å². The summed E-state index contributed by atoms with van der Waals surface area (Å²) in [5.41, 5.74) is 1.07. The zero-order valence-corrected chi connectivity index (χ0v) is 7.15. The normalized spacial score (nSPS) is 9.08. The minimum absolute atomic E-state index is 0.440. The summed E-state index contributed by atoms with van der Waals surface area (Å²) in [4.78, 5) is 9.34. The Hall–Kier alpha value is -1.63. The van der Waals surface area contributed by atoms with Crippen molar-refractivity contribution in [3.63, 3.8) is 0 Å². The Morgan fingerprint density at radius 2 is 2.08 bits per heavy atom. The van der Waals surface area contributed by atoms with Crippen molar-refractivity contribution >= 4 is 5.95 Å². The quantitative estimate of drug-likeness (QED) is 0.480. The van der Waals surface area contributed by atoms with E-state index < -0.39 is 0 Å². The van der Waals surface area contributed by atoms with E-state index in [0.717, 1.165) is 12.0 Å². The number of aromatic nitrogens is 2. The molecule has 0 aromatic carbocycles. The standard InChI is InChI=1S/C8H10N4/c1-3-7-4-10-8(11-5-7)12(2)6-9/h4-5H,3H2,1-2H3. The van der Waals surface area contributed by atoms with Crippen molar-refractivity contribution in [2.45, 2.75) is 13.3 Å². The molecule has 0 fully saturated rings. The van der Waals surface area contributed by atoms with Gasteiger partial charge in [-0.2, -0.15) is 5.26 Å². The van der Waals surface area contributed by atoms with Gasteiger partial charge >= 0.3 is 0 Å². The van der Waals surface area contributed by atoms with Crippen LogP contribution in [0.5, 0.6) is 0 Å². The number of anilines is 1. The Balaban J connectivity index is 2.86. The molecule has 0 aliphatic carbocycles. The molecule has 0 spiro atoms. The summed E-state index contributed by atoms with van der Waals surface area (Å²) in [6.45, 7) is 2.03. The zero-order valence-electron chi connectivity index (χ0n) is 7.15. The molecule has 1 heterocycles. The lowest BCUT2D eigenvalue weighted by atomic mass is 10.3. The van der Waals surface area contributed by atoms with Gasteiger partial charge in [0.2, 0.25) is 5.95 Å². The van der Waals surface area contributed by atoms with Crippen LogP contribution in [0.25, 0.3) is 0 Å². The number of aryl methyl sites for hydroxylation is 1. The van der Waals surface area contributed by atoms with Gasteiger partial charge in [0.15, 0.2) is 6.19 Å². The molecule has 0 amide bonds. The summed E-state index contributed by atoms with van der Waals surface area (Å²) in [6, 6.07) is 0. The molecule has 0 unspecified atom stereocenters. The van der Waals surface area contributed by atoms with Gasteiger partial charge in [-0.3, -0.25) is 4.90 Å². The van der Waals surface area contributed by atoms with E-state index in [-0.39, 0.29) is 0 Å². The molecular formula is C8H10N4. The molecule has 0 saturated carbocycles. The SMILES string of the molecule is CCc1cnc(N(C)C#N)nc1. The van der Waals surface area contributed by atoms with E-state index >= 15 is 0 Å². The molecule has 4 heteroatoms. The average Bonchev–Trinajstić information content (AvgIpc) is 2.17. The van der Waals surface area contributed by atoms with Gasteiger partial charge in [-0.25, -0.2) is 9.97 Å². The van der Waals surface area contributed by atoms with Gasteiger partial charge in [0.1, 0.15) is 0 Å². The molecule has 62 valence electrons. The molecule has 0 aliphatic rings. The number of hydrogen-bond donors (Lipinski definition) is 0. The first-order valence-corrected chi connectivity index (χ1v) is 3.72.